The van der Waals surface area contributed by atoms with Gasteiger partial charge in [-0.25, -0.2) is 0 Å². The number of nitrogens with two attached hydrogens (primary N) is 1. The van der Waals surface area contributed by atoms with E-state index in [1.165, 1.54) is 18.4 Å². The van der Waals surface area contributed by atoms with Crippen molar-refractivity contribution in [2.24, 2.45) is 12.8 Å². The fraction of sp³-hybridized carbons (Fsp3) is 0.583. The summed E-state index contributed by atoms with van der Waals surface area (Å²) in [7, 11) is 3.62. The summed E-state index contributed by atoms with van der Waals surface area (Å²) in [6, 6.07) is 0.164. The molecule has 88 valence electrons. The number of nitrogens with zero attached hydrogens (tertiary/aromatic N) is 2. The molecule has 1 aliphatic rings. The monoisotopic (exact) mass is 221 g/mol. The molecule has 16 heavy (non-hydrogen) atoms. The number of hydrogen-bond acceptors (Lipinski definition) is 3. The smallest absolute Gasteiger partial charge is 0.164 e. The number of methoxy groups -OCH3 is 1. The molecule has 0 bridgehead atoms. The van der Waals surface area contributed by atoms with Crippen molar-refractivity contribution >= 4 is 5.57 Å². The highest BCUT2D eigenvalue weighted by Crippen LogP contribution is 2.31. The van der Waals surface area contributed by atoms with Crippen LogP contribution in [0.1, 0.15) is 31.4 Å². The lowest BCUT2D eigenvalue weighted by molar-refractivity contribution is 0.412. The van der Waals surface area contributed by atoms with Gasteiger partial charge in [0.25, 0.3) is 0 Å². The molecule has 1 aliphatic carbocycles. The molecule has 1 atom stereocenters. The van der Waals surface area contributed by atoms with Crippen LogP contribution in [0.3, 0.4) is 0 Å². The molecule has 2 N–H and O–H groups in total. The van der Waals surface area contributed by atoms with Crippen LogP contribution in [0.5, 0.6) is 5.75 Å². The minimum atomic E-state index is 0.164. The molecule has 1 aromatic heterocycles. The predicted molar refractivity (Wildman–Crippen MR) is 64.2 cm³/mol. The molecule has 1 aromatic rings. The second-order valence-corrected chi connectivity index (χ2v) is 4.29. The summed E-state index contributed by atoms with van der Waals surface area (Å²) in [6.45, 7) is 0. The van der Waals surface area contributed by atoms with Crippen molar-refractivity contribution in [1.29, 1.82) is 0 Å². The Morgan fingerprint density at radius 3 is 3.06 bits per heavy atom. The summed E-state index contributed by atoms with van der Waals surface area (Å²) < 4.78 is 7.19. The van der Waals surface area contributed by atoms with Gasteiger partial charge in [-0.1, -0.05) is 12.5 Å². The Labute approximate surface area is 96.1 Å². The SMILES string of the molecule is COc1cnn(C)c1C1=CC(N)CCCC1. The standard InChI is InChI=1S/C12H19N3O/c1-15-12(11(16-2)8-14-15)9-5-3-4-6-10(13)7-9/h7-8,10H,3-6,13H2,1-2H3. The van der Waals surface area contributed by atoms with Gasteiger partial charge in [-0.3, -0.25) is 4.68 Å². The van der Waals surface area contributed by atoms with Gasteiger partial charge in [0.1, 0.15) is 5.69 Å². The van der Waals surface area contributed by atoms with Crippen LogP contribution in [0, 0.1) is 0 Å². The van der Waals surface area contributed by atoms with Crippen molar-refractivity contribution in [1.82, 2.24) is 9.78 Å². The third-order valence-corrected chi connectivity index (χ3v) is 3.08. The summed E-state index contributed by atoms with van der Waals surface area (Å²) in [5, 5.41) is 4.23. The molecular weight excluding hydrogens is 202 g/mol. The van der Waals surface area contributed by atoms with E-state index in [4.69, 9.17) is 10.5 Å². The first-order chi connectivity index (χ1) is 7.72. The maximum Gasteiger partial charge on any atom is 0.164 e. The lowest BCUT2D eigenvalue weighted by atomic mass is 10.1. The van der Waals surface area contributed by atoms with Crippen molar-refractivity contribution in [3.05, 3.63) is 18.0 Å². The van der Waals surface area contributed by atoms with E-state index in [2.05, 4.69) is 11.2 Å². The molecule has 4 nitrogen and oxygen atoms in total. The van der Waals surface area contributed by atoms with E-state index in [9.17, 15) is 0 Å². The minimum absolute atomic E-state index is 0.164. The number of rotatable bonds is 2. The average molecular weight is 221 g/mol. The van der Waals surface area contributed by atoms with Crippen molar-refractivity contribution in [2.45, 2.75) is 31.7 Å². The van der Waals surface area contributed by atoms with Gasteiger partial charge < -0.3 is 10.5 Å². The Balaban J connectivity index is 2.37. The molecule has 2 rings (SSSR count). The largest absolute Gasteiger partial charge is 0.493 e. The summed E-state index contributed by atoms with van der Waals surface area (Å²) >= 11 is 0. The van der Waals surface area contributed by atoms with E-state index >= 15 is 0 Å². The molecule has 0 aliphatic heterocycles. The molecule has 1 heterocycles. The molecule has 0 aromatic carbocycles. The highest BCUT2D eigenvalue weighted by atomic mass is 16.5. The second-order valence-electron chi connectivity index (χ2n) is 4.29. The van der Waals surface area contributed by atoms with Crippen LogP contribution in [-0.4, -0.2) is 22.9 Å². The number of aryl methyl sites for hydroxylation is 1. The maximum atomic E-state index is 6.03. The summed E-state index contributed by atoms with van der Waals surface area (Å²) in [5.41, 5.74) is 8.36. The van der Waals surface area contributed by atoms with Crippen LogP contribution in [0.15, 0.2) is 12.3 Å². The highest BCUT2D eigenvalue weighted by Gasteiger charge is 2.17. The van der Waals surface area contributed by atoms with E-state index in [-0.39, 0.29) is 6.04 Å². The van der Waals surface area contributed by atoms with Gasteiger partial charge in [-0.05, 0) is 24.8 Å². The van der Waals surface area contributed by atoms with Crippen LogP contribution < -0.4 is 10.5 Å². The first kappa shape index (κ1) is 11.2. The number of hydrogen-bond donors (Lipinski definition) is 1. The van der Waals surface area contributed by atoms with E-state index in [1.807, 2.05) is 11.7 Å². The normalized spacial score (nSPS) is 21.4. The van der Waals surface area contributed by atoms with Crippen LogP contribution in [-0.2, 0) is 7.05 Å². The van der Waals surface area contributed by atoms with Crippen molar-refractivity contribution in [2.75, 3.05) is 7.11 Å². The van der Waals surface area contributed by atoms with E-state index in [0.717, 1.165) is 24.3 Å². The Bertz CT molecular complexity index is 395. The van der Waals surface area contributed by atoms with Crippen molar-refractivity contribution in [3.63, 3.8) is 0 Å². The maximum absolute atomic E-state index is 6.03. The molecule has 0 spiro atoms. The van der Waals surface area contributed by atoms with Crippen molar-refractivity contribution in [3.8, 4) is 5.75 Å². The van der Waals surface area contributed by atoms with Crippen LogP contribution in [0.2, 0.25) is 0 Å². The Hall–Kier alpha value is -1.29. The van der Waals surface area contributed by atoms with Gasteiger partial charge in [0, 0.05) is 13.1 Å². The van der Waals surface area contributed by atoms with Crippen LogP contribution in [0.25, 0.3) is 5.57 Å². The van der Waals surface area contributed by atoms with Crippen molar-refractivity contribution < 1.29 is 4.74 Å². The molecule has 0 radical (unpaired) electrons. The summed E-state index contributed by atoms with van der Waals surface area (Å²) in [6.07, 6.45) is 8.43. The zero-order chi connectivity index (χ0) is 11.5. The third kappa shape index (κ3) is 2.11. The first-order valence-electron chi connectivity index (χ1n) is 5.75. The molecule has 1 unspecified atom stereocenters. The van der Waals surface area contributed by atoms with Crippen LogP contribution in [0.4, 0.5) is 0 Å². The molecule has 4 heteroatoms. The van der Waals surface area contributed by atoms with Gasteiger partial charge in [-0.15, -0.1) is 0 Å². The lowest BCUT2D eigenvalue weighted by Crippen LogP contribution is -2.16. The first-order valence-corrected chi connectivity index (χ1v) is 5.75. The third-order valence-electron chi connectivity index (χ3n) is 3.08. The van der Waals surface area contributed by atoms with E-state index < -0.39 is 0 Å². The number of allylic oxidation sites excluding steroid dienone is 1. The molecule has 0 fully saturated rings. The lowest BCUT2D eigenvalue weighted by Gasteiger charge is -2.09. The van der Waals surface area contributed by atoms with Gasteiger partial charge in [-0.2, -0.15) is 5.10 Å². The fourth-order valence-electron chi connectivity index (χ4n) is 2.25. The topological polar surface area (TPSA) is 53.1 Å². The molecule has 0 saturated heterocycles. The fourth-order valence-corrected chi connectivity index (χ4v) is 2.25. The molecular formula is C12H19N3O. The number of aromatic nitrogens is 2. The zero-order valence-electron chi connectivity index (χ0n) is 9.94. The summed E-state index contributed by atoms with van der Waals surface area (Å²) in [5.74, 6) is 0.836. The quantitative estimate of drug-likeness (QED) is 0.827. The average Bonchev–Trinajstić information content (AvgIpc) is 2.50. The Morgan fingerprint density at radius 2 is 2.31 bits per heavy atom. The second kappa shape index (κ2) is 4.70. The minimum Gasteiger partial charge on any atom is -0.493 e. The highest BCUT2D eigenvalue weighted by molar-refractivity contribution is 5.68. The number of ether oxygens (including phenoxy) is 1. The molecule has 0 saturated carbocycles. The zero-order valence-corrected chi connectivity index (χ0v) is 9.94. The van der Waals surface area contributed by atoms with Crippen LogP contribution >= 0.6 is 0 Å². The van der Waals surface area contributed by atoms with Gasteiger partial charge in [0.2, 0.25) is 0 Å². The van der Waals surface area contributed by atoms with Gasteiger partial charge in [0.15, 0.2) is 5.75 Å². The molecule has 0 amide bonds. The Morgan fingerprint density at radius 1 is 1.50 bits per heavy atom. The van der Waals surface area contributed by atoms with E-state index in [0.29, 0.717) is 0 Å². The van der Waals surface area contributed by atoms with E-state index in [1.54, 1.807) is 13.3 Å². The predicted octanol–water partition coefficient (Wildman–Crippen LogP) is 1.71. The van der Waals surface area contributed by atoms with Gasteiger partial charge in [0.05, 0.1) is 13.3 Å². The Kier molecular flexibility index (Phi) is 3.29. The van der Waals surface area contributed by atoms with Gasteiger partial charge >= 0.3 is 0 Å². The summed E-state index contributed by atoms with van der Waals surface area (Å²) in [4.78, 5) is 0.